The number of hydrogen-bond donors (Lipinski definition) is 0. The number of likely N-dealkylation sites (N-methyl/N-ethyl adjacent to an activating group) is 1. The van der Waals surface area contributed by atoms with Gasteiger partial charge in [0, 0.05) is 38.5 Å². The summed E-state index contributed by atoms with van der Waals surface area (Å²) >= 11 is 0. The molecular weight excluding hydrogens is 428 g/mol. The van der Waals surface area contributed by atoms with Crippen LogP contribution in [-0.2, 0) is 33.3 Å². The quantitative estimate of drug-likeness (QED) is 0.261. The minimum atomic E-state index is 0.0661. The Bertz CT molecular complexity index is 470. The molecule has 1 heterocycles. The van der Waals surface area contributed by atoms with E-state index >= 15 is 0 Å². The molecule has 9 nitrogen and oxygen atoms in total. The topological polar surface area (TPSA) is 86.8 Å². The van der Waals surface area contributed by atoms with Gasteiger partial charge < -0.3 is 33.5 Å². The molecule has 0 aliphatic carbocycles. The number of carbonyl (C=O) groups excluding carboxylic acids is 2. The molecule has 33 heavy (non-hydrogen) atoms. The van der Waals surface area contributed by atoms with Crippen LogP contribution in [-0.4, -0.2) is 121 Å². The highest BCUT2D eigenvalue weighted by Gasteiger charge is 2.18. The third-order valence-corrected chi connectivity index (χ3v) is 4.94. The summed E-state index contributed by atoms with van der Waals surface area (Å²) in [4.78, 5) is 27.6. The maximum Gasteiger partial charge on any atom is 0.224 e. The summed E-state index contributed by atoms with van der Waals surface area (Å²) in [6.45, 7) is 16.1. The molecule has 1 saturated heterocycles. The molecule has 1 rings (SSSR count). The average molecular weight is 477 g/mol. The van der Waals surface area contributed by atoms with Gasteiger partial charge in [-0.2, -0.15) is 0 Å². The van der Waals surface area contributed by atoms with Crippen LogP contribution in [0.2, 0.25) is 0 Å². The molecule has 1 aliphatic rings. The number of ether oxygens (including phenoxy) is 5. The second-order valence-corrected chi connectivity index (χ2v) is 7.87. The van der Waals surface area contributed by atoms with Crippen LogP contribution in [0.1, 0.15) is 40.5 Å². The van der Waals surface area contributed by atoms with Gasteiger partial charge in [0.25, 0.3) is 0 Å². The van der Waals surface area contributed by atoms with Gasteiger partial charge in [0.2, 0.25) is 5.91 Å². The van der Waals surface area contributed by atoms with E-state index < -0.39 is 0 Å². The molecule has 0 bridgehead atoms. The van der Waals surface area contributed by atoms with Crippen LogP contribution < -0.4 is 0 Å². The van der Waals surface area contributed by atoms with Gasteiger partial charge in [0.05, 0.1) is 72.5 Å². The van der Waals surface area contributed by atoms with Gasteiger partial charge >= 0.3 is 0 Å². The molecule has 0 radical (unpaired) electrons. The van der Waals surface area contributed by atoms with Gasteiger partial charge in [-0.25, -0.2) is 0 Å². The molecule has 1 fully saturated rings. The maximum absolute atomic E-state index is 12.0. The van der Waals surface area contributed by atoms with Crippen LogP contribution in [0, 0.1) is 5.92 Å². The molecule has 0 aromatic rings. The van der Waals surface area contributed by atoms with Gasteiger partial charge in [-0.05, 0) is 7.05 Å². The monoisotopic (exact) mass is 476 g/mol. The Labute approximate surface area is 201 Å². The third-order valence-electron chi connectivity index (χ3n) is 4.94. The van der Waals surface area contributed by atoms with Crippen molar-refractivity contribution >= 4 is 11.7 Å². The lowest BCUT2D eigenvalue weighted by molar-refractivity contribution is -0.134. The SMILES string of the molecule is CC.CC(C)C(=O)CCOCCOCCOCCOCCOCCC(=O)N1CCN(C)CC1. The fraction of sp³-hybridized carbons (Fsp3) is 0.917. The van der Waals surface area contributed by atoms with Crippen LogP contribution >= 0.6 is 0 Å². The zero-order chi connectivity index (χ0) is 24.7. The first kappa shape index (κ1) is 31.9. The Morgan fingerprint density at radius 3 is 1.39 bits per heavy atom. The van der Waals surface area contributed by atoms with E-state index in [0.29, 0.717) is 78.9 Å². The van der Waals surface area contributed by atoms with Gasteiger partial charge in [0.15, 0.2) is 0 Å². The van der Waals surface area contributed by atoms with Crippen LogP contribution in [0.5, 0.6) is 0 Å². The predicted octanol–water partition coefficient (Wildman–Crippen LogP) is 1.87. The number of hydrogen-bond acceptors (Lipinski definition) is 8. The molecule has 1 amide bonds. The van der Waals surface area contributed by atoms with Crippen molar-refractivity contribution in [1.82, 2.24) is 9.80 Å². The summed E-state index contributed by atoms with van der Waals surface area (Å²) < 4.78 is 27.1. The molecule has 0 saturated carbocycles. The molecule has 0 unspecified atom stereocenters. The Kier molecular flexibility index (Phi) is 21.9. The third kappa shape index (κ3) is 19.0. The van der Waals surface area contributed by atoms with Crippen molar-refractivity contribution in [3.05, 3.63) is 0 Å². The smallest absolute Gasteiger partial charge is 0.224 e. The van der Waals surface area contributed by atoms with Crippen molar-refractivity contribution in [2.24, 2.45) is 5.92 Å². The van der Waals surface area contributed by atoms with E-state index in [1.54, 1.807) is 0 Å². The van der Waals surface area contributed by atoms with Gasteiger partial charge in [-0.3, -0.25) is 9.59 Å². The first-order valence-electron chi connectivity index (χ1n) is 12.4. The number of carbonyl (C=O) groups is 2. The standard InChI is InChI=1S/C22H42N2O7.C2H6/c1-20(2)21(25)4-10-27-12-14-29-16-18-31-19-17-30-15-13-28-11-5-22(26)24-8-6-23(3)7-9-24;1-2/h20H,4-19H2,1-3H3;1-2H3. The summed E-state index contributed by atoms with van der Waals surface area (Å²) in [6, 6.07) is 0. The molecule has 1 aliphatic heterocycles. The molecule has 9 heteroatoms. The fourth-order valence-electron chi connectivity index (χ4n) is 2.82. The van der Waals surface area contributed by atoms with Crippen molar-refractivity contribution < 1.29 is 33.3 Å². The highest BCUT2D eigenvalue weighted by molar-refractivity contribution is 5.80. The van der Waals surface area contributed by atoms with E-state index in [0.717, 1.165) is 26.2 Å². The van der Waals surface area contributed by atoms with Crippen molar-refractivity contribution in [2.75, 3.05) is 99.3 Å². The van der Waals surface area contributed by atoms with E-state index in [9.17, 15) is 9.59 Å². The number of ketones is 1. The highest BCUT2D eigenvalue weighted by atomic mass is 16.6. The Balaban J connectivity index is 0.00000497. The molecule has 196 valence electrons. The van der Waals surface area contributed by atoms with Gasteiger partial charge in [-0.15, -0.1) is 0 Å². The molecule has 0 aromatic carbocycles. The Morgan fingerprint density at radius 1 is 0.636 bits per heavy atom. The largest absolute Gasteiger partial charge is 0.379 e. The number of nitrogens with zero attached hydrogens (tertiary/aromatic N) is 2. The van der Waals surface area contributed by atoms with Crippen LogP contribution in [0.4, 0.5) is 0 Å². The van der Waals surface area contributed by atoms with E-state index in [2.05, 4.69) is 11.9 Å². The second kappa shape index (κ2) is 22.7. The molecular formula is C24H48N2O7. The van der Waals surface area contributed by atoms with Crippen LogP contribution in [0.25, 0.3) is 0 Å². The van der Waals surface area contributed by atoms with E-state index in [4.69, 9.17) is 23.7 Å². The summed E-state index contributed by atoms with van der Waals surface area (Å²) in [5, 5.41) is 0. The summed E-state index contributed by atoms with van der Waals surface area (Å²) in [5.41, 5.74) is 0. The molecule has 0 atom stereocenters. The minimum Gasteiger partial charge on any atom is -0.379 e. The molecule has 0 N–H and O–H groups in total. The summed E-state index contributed by atoms with van der Waals surface area (Å²) in [7, 11) is 2.07. The van der Waals surface area contributed by atoms with E-state index in [1.165, 1.54) is 0 Å². The van der Waals surface area contributed by atoms with E-state index in [-0.39, 0.29) is 17.6 Å². The number of piperazine rings is 1. The number of amides is 1. The first-order valence-corrected chi connectivity index (χ1v) is 12.4. The normalized spacial score (nSPS) is 14.3. The first-order chi connectivity index (χ1) is 16.0. The molecule has 0 spiro atoms. The predicted molar refractivity (Wildman–Crippen MR) is 129 cm³/mol. The van der Waals surface area contributed by atoms with Gasteiger partial charge in [-0.1, -0.05) is 27.7 Å². The van der Waals surface area contributed by atoms with Crippen molar-refractivity contribution in [3.8, 4) is 0 Å². The lowest BCUT2D eigenvalue weighted by atomic mass is 10.1. The fourth-order valence-corrected chi connectivity index (χ4v) is 2.82. The Morgan fingerprint density at radius 2 is 1.00 bits per heavy atom. The molecule has 0 aromatic heterocycles. The van der Waals surface area contributed by atoms with Crippen LogP contribution in [0.15, 0.2) is 0 Å². The van der Waals surface area contributed by atoms with E-state index in [1.807, 2.05) is 32.6 Å². The number of rotatable bonds is 19. The van der Waals surface area contributed by atoms with Crippen molar-refractivity contribution in [1.29, 1.82) is 0 Å². The van der Waals surface area contributed by atoms with Crippen molar-refractivity contribution in [3.63, 3.8) is 0 Å². The van der Waals surface area contributed by atoms with Crippen molar-refractivity contribution in [2.45, 2.75) is 40.5 Å². The van der Waals surface area contributed by atoms with Gasteiger partial charge in [0.1, 0.15) is 5.78 Å². The summed E-state index contributed by atoms with van der Waals surface area (Å²) in [5.74, 6) is 0.452. The zero-order valence-electron chi connectivity index (χ0n) is 21.6. The summed E-state index contributed by atoms with van der Waals surface area (Å²) in [6.07, 6.45) is 0.883. The lowest BCUT2D eigenvalue weighted by Crippen LogP contribution is -2.47. The Hall–Kier alpha value is -1.10. The zero-order valence-corrected chi connectivity index (χ0v) is 21.6. The maximum atomic E-state index is 12.0. The average Bonchev–Trinajstić information content (AvgIpc) is 2.82. The minimum absolute atomic E-state index is 0.0661. The van der Waals surface area contributed by atoms with Crippen LogP contribution in [0.3, 0.4) is 0 Å². The lowest BCUT2D eigenvalue weighted by Gasteiger charge is -2.32. The second-order valence-electron chi connectivity index (χ2n) is 7.87. The highest BCUT2D eigenvalue weighted by Crippen LogP contribution is 2.02. The number of Topliss-reactive ketones (excluding diaryl/α,β-unsaturated/α-hetero) is 1.